The lowest BCUT2D eigenvalue weighted by Gasteiger charge is -2.20. The van der Waals surface area contributed by atoms with Gasteiger partial charge in [-0.05, 0) is 39.5 Å². The van der Waals surface area contributed by atoms with E-state index >= 15 is 0 Å². The average molecular weight is 331 g/mol. The van der Waals surface area contributed by atoms with E-state index in [0.717, 1.165) is 18.4 Å². The molecule has 0 bridgehead atoms. The minimum atomic E-state index is -0.205. The van der Waals surface area contributed by atoms with Crippen molar-refractivity contribution in [2.75, 3.05) is 0 Å². The standard InChI is InChI=1S/C17H25N5O2/c1-11(23)19-14(12-7-5-6-8-12)16-20-15(21-24-16)13-9-18-22(10-13)17(2,3)4/h9-10,12,14H,5-8H2,1-4H3,(H,19,23). The number of nitrogens with zero attached hydrogens (tertiary/aromatic N) is 4. The van der Waals surface area contributed by atoms with Gasteiger partial charge in [0.2, 0.25) is 17.6 Å². The molecule has 1 unspecified atom stereocenters. The zero-order valence-corrected chi connectivity index (χ0v) is 14.7. The van der Waals surface area contributed by atoms with Crippen molar-refractivity contribution in [3.05, 3.63) is 18.3 Å². The van der Waals surface area contributed by atoms with E-state index in [1.807, 2.05) is 10.9 Å². The summed E-state index contributed by atoms with van der Waals surface area (Å²) in [5, 5.41) is 11.4. The van der Waals surface area contributed by atoms with Gasteiger partial charge in [0.25, 0.3) is 0 Å². The minimum absolute atomic E-state index is 0.0767. The van der Waals surface area contributed by atoms with E-state index < -0.39 is 0 Å². The molecule has 2 aromatic heterocycles. The van der Waals surface area contributed by atoms with Crippen molar-refractivity contribution >= 4 is 5.91 Å². The molecule has 1 aliphatic carbocycles. The summed E-state index contributed by atoms with van der Waals surface area (Å²) in [4.78, 5) is 16.1. The van der Waals surface area contributed by atoms with Gasteiger partial charge in [0.1, 0.15) is 6.04 Å². The van der Waals surface area contributed by atoms with Gasteiger partial charge in [-0.15, -0.1) is 0 Å². The summed E-state index contributed by atoms with van der Waals surface area (Å²) in [6.45, 7) is 7.77. The largest absolute Gasteiger partial charge is 0.344 e. The lowest BCUT2D eigenvalue weighted by Crippen LogP contribution is -2.31. The SMILES string of the molecule is CC(=O)NC(c1nc(-c2cnn(C(C)(C)C)c2)no1)C1CCCC1. The Bertz CT molecular complexity index is 707. The fourth-order valence-corrected chi connectivity index (χ4v) is 3.17. The predicted molar refractivity (Wildman–Crippen MR) is 89.0 cm³/mol. The highest BCUT2D eigenvalue weighted by atomic mass is 16.5. The highest BCUT2D eigenvalue weighted by molar-refractivity contribution is 5.73. The lowest BCUT2D eigenvalue weighted by molar-refractivity contribution is -0.120. The van der Waals surface area contributed by atoms with Crippen LogP contribution in [0, 0.1) is 5.92 Å². The number of carbonyl (C=O) groups is 1. The first-order valence-corrected chi connectivity index (χ1v) is 8.51. The van der Waals surface area contributed by atoms with Crippen LogP contribution in [-0.4, -0.2) is 25.8 Å². The Morgan fingerprint density at radius 3 is 2.67 bits per heavy atom. The van der Waals surface area contributed by atoms with Crippen molar-refractivity contribution in [2.24, 2.45) is 5.92 Å². The Hall–Kier alpha value is -2.18. The van der Waals surface area contributed by atoms with Crippen LogP contribution in [0.15, 0.2) is 16.9 Å². The van der Waals surface area contributed by atoms with Gasteiger partial charge < -0.3 is 9.84 Å². The highest BCUT2D eigenvalue weighted by Crippen LogP contribution is 2.35. The second-order valence-electron chi connectivity index (χ2n) is 7.52. The smallest absolute Gasteiger partial charge is 0.249 e. The second kappa shape index (κ2) is 6.37. The first-order chi connectivity index (χ1) is 11.3. The highest BCUT2D eigenvalue weighted by Gasteiger charge is 2.31. The molecule has 0 aromatic carbocycles. The molecule has 130 valence electrons. The molecule has 1 saturated carbocycles. The number of hydrogen-bond acceptors (Lipinski definition) is 5. The summed E-state index contributed by atoms with van der Waals surface area (Å²) in [5.74, 6) is 1.27. The zero-order chi connectivity index (χ0) is 17.3. The van der Waals surface area contributed by atoms with Gasteiger partial charge >= 0.3 is 0 Å². The van der Waals surface area contributed by atoms with Crippen LogP contribution in [0.3, 0.4) is 0 Å². The molecule has 0 spiro atoms. The van der Waals surface area contributed by atoms with E-state index in [-0.39, 0.29) is 17.5 Å². The van der Waals surface area contributed by atoms with E-state index in [0.29, 0.717) is 17.6 Å². The third-order valence-electron chi connectivity index (χ3n) is 4.47. The van der Waals surface area contributed by atoms with Crippen molar-refractivity contribution in [1.82, 2.24) is 25.2 Å². The molecule has 7 heteroatoms. The van der Waals surface area contributed by atoms with Crippen LogP contribution in [0.4, 0.5) is 0 Å². The molecule has 1 amide bonds. The molecule has 1 N–H and O–H groups in total. The second-order valence-corrected chi connectivity index (χ2v) is 7.52. The molecule has 1 fully saturated rings. The van der Waals surface area contributed by atoms with Crippen LogP contribution in [0.2, 0.25) is 0 Å². The molecule has 1 atom stereocenters. The third-order valence-corrected chi connectivity index (χ3v) is 4.47. The van der Waals surface area contributed by atoms with Gasteiger partial charge in [-0.2, -0.15) is 10.1 Å². The number of carbonyl (C=O) groups excluding carboxylic acids is 1. The van der Waals surface area contributed by atoms with Gasteiger partial charge in [-0.1, -0.05) is 18.0 Å². The Kier molecular flexibility index (Phi) is 4.43. The molecular weight excluding hydrogens is 306 g/mol. The van der Waals surface area contributed by atoms with E-state index in [9.17, 15) is 4.79 Å². The summed E-state index contributed by atoms with van der Waals surface area (Å²) in [7, 11) is 0. The van der Waals surface area contributed by atoms with Crippen LogP contribution >= 0.6 is 0 Å². The summed E-state index contributed by atoms with van der Waals surface area (Å²) in [6, 6.07) is -0.205. The number of aromatic nitrogens is 4. The topological polar surface area (TPSA) is 85.8 Å². The van der Waals surface area contributed by atoms with E-state index in [4.69, 9.17) is 4.52 Å². The number of nitrogens with one attached hydrogen (secondary N) is 1. The van der Waals surface area contributed by atoms with Gasteiger partial charge in [-0.3, -0.25) is 9.48 Å². The van der Waals surface area contributed by atoms with Crippen molar-refractivity contribution in [1.29, 1.82) is 0 Å². The van der Waals surface area contributed by atoms with E-state index in [1.165, 1.54) is 19.8 Å². The summed E-state index contributed by atoms with van der Waals surface area (Å²) >= 11 is 0. The average Bonchev–Trinajstić information content (AvgIpc) is 3.22. The third kappa shape index (κ3) is 3.49. The molecule has 1 aliphatic rings. The maximum Gasteiger partial charge on any atom is 0.249 e. The van der Waals surface area contributed by atoms with Crippen LogP contribution in [0.25, 0.3) is 11.4 Å². The van der Waals surface area contributed by atoms with Crippen molar-refractivity contribution in [3.63, 3.8) is 0 Å². The quantitative estimate of drug-likeness (QED) is 0.930. The lowest BCUT2D eigenvalue weighted by atomic mass is 9.98. The van der Waals surface area contributed by atoms with Crippen LogP contribution in [0.1, 0.15) is 65.3 Å². The number of amides is 1. The Labute approximate surface area is 141 Å². The van der Waals surface area contributed by atoms with Crippen molar-refractivity contribution < 1.29 is 9.32 Å². The molecule has 2 aromatic rings. The summed E-state index contributed by atoms with van der Waals surface area (Å²) < 4.78 is 7.35. The first kappa shape index (κ1) is 16.7. The van der Waals surface area contributed by atoms with Gasteiger partial charge in [0.15, 0.2) is 0 Å². The molecule has 7 nitrogen and oxygen atoms in total. The van der Waals surface area contributed by atoms with Gasteiger partial charge in [0, 0.05) is 13.1 Å². The fourth-order valence-electron chi connectivity index (χ4n) is 3.17. The molecule has 0 aliphatic heterocycles. The first-order valence-electron chi connectivity index (χ1n) is 8.51. The van der Waals surface area contributed by atoms with E-state index in [2.05, 4.69) is 41.3 Å². The predicted octanol–water partition coefficient (Wildman–Crippen LogP) is 3.06. The summed E-state index contributed by atoms with van der Waals surface area (Å²) in [5.41, 5.74) is 0.709. The maximum absolute atomic E-state index is 11.6. The van der Waals surface area contributed by atoms with E-state index in [1.54, 1.807) is 6.20 Å². The van der Waals surface area contributed by atoms with Gasteiger partial charge in [-0.25, -0.2) is 0 Å². The summed E-state index contributed by atoms with van der Waals surface area (Å²) in [6.07, 6.45) is 8.16. The molecule has 0 radical (unpaired) electrons. The zero-order valence-electron chi connectivity index (χ0n) is 14.7. The normalized spacial score (nSPS) is 17.2. The molecule has 0 saturated heterocycles. The Morgan fingerprint density at radius 1 is 1.38 bits per heavy atom. The molecule has 24 heavy (non-hydrogen) atoms. The Balaban J connectivity index is 1.84. The van der Waals surface area contributed by atoms with Crippen molar-refractivity contribution in [3.8, 4) is 11.4 Å². The number of hydrogen-bond donors (Lipinski definition) is 1. The van der Waals surface area contributed by atoms with Gasteiger partial charge in [0.05, 0.1) is 17.3 Å². The fraction of sp³-hybridized carbons (Fsp3) is 0.647. The van der Waals surface area contributed by atoms with Crippen molar-refractivity contribution in [2.45, 2.75) is 65.0 Å². The minimum Gasteiger partial charge on any atom is -0.344 e. The molecule has 2 heterocycles. The van der Waals surface area contributed by atoms with Crippen LogP contribution < -0.4 is 5.32 Å². The number of rotatable bonds is 4. The Morgan fingerprint density at radius 2 is 2.08 bits per heavy atom. The molecule has 3 rings (SSSR count). The monoisotopic (exact) mass is 331 g/mol. The maximum atomic E-state index is 11.6. The molecular formula is C17H25N5O2. The van der Waals surface area contributed by atoms with Crippen LogP contribution in [-0.2, 0) is 10.3 Å². The van der Waals surface area contributed by atoms with Crippen LogP contribution in [0.5, 0.6) is 0 Å².